The molecule has 0 fully saturated rings. The van der Waals surface area contributed by atoms with Gasteiger partial charge in [-0.1, -0.05) is 6.92 Å². The van der Waals surface area contributed by atoms with Crippen molar-refractivity contribution in [1.82, 2.24) is 9.97 Å². The van der Waals surface area contributed by atoms with Crippen LogP contribution in [0.1, 0.15) is 19.2 Å². The second-order valence-electron chi connectivity index (χ2n) is 4.22. The van der Waals surface area contributed by atoms with Gasteiger partial charge in [-0.2, -0.15) is 0 Å². The minimum absolute atomic E-state index is 0.147. The number of hydrogen-bond acceptors (Lipinski definition) is 3. The summed E-state index contributed by atoms with van der Waals surface area (Å²) < 4.78 is 40.4. The average Bonchev–Trinajstić information content (AvgIpc) is 2.79. The van der Waals surface area contributed by atoms with Gasteiger partial charge >= 0.3 is 6.36 Å². The van der Waals surface area contributed by atoms with Gasteiger partial charge in [0.1, 0.15) is 17.3 Å². The molecule has 2 aromatic rings. The first kappa shape index (κ1) is 14.2. The first-order valence-electron chi connectivity index (χ1n) is 6.02. The summed E-state index contributed by atoms with van der Waals surface area (Å²) >= 11 is 0. The molecule has 20 heavy (non-hydrogen) atoms. The van der Waals surface area contributed by atoms with E-state index in [9.17, 15) is 18.3 Å². The van der Waals surface area contributed by atoms with Crippen LogP contribution in [-0.4, -0.2) is 21.4 Å². The Bertz CT molecular complexity index is 594. The number of hydrogen-bond donors (Lipinski definition) is 2. The number of phenolic OH excluding ortho intramolecular Hbond substituents is 1. The minimum Gasteiger partial charge on any atom is -0.507 e. The Balaban J connectivity index is 2.32. The molecule has 108 valence electrons. The molecule has 0 aliphatic rings. The fraction of sp³-hybridized carbons (Fsp3) is 0.308. The van der Waals surface area contributed by atoms with Crippen molar-refractivity contribution in [3.8, 4) is 22.8 Å². The highest BCUT2D eigenvalue weighted by Crippen LogP contribution is 2.33. The van der Waals surface area contributed by atoms with E-state index < -0.39 is 12.1 Å². The second kappa shape index (κ2) is 5.44. The van der Waals surface area contributed by atoms with Crippen molar-refractivity contribution in [3.05, 3.63) is 30.2 Å². The summed E-state index contributed by atoms with van der Waals surface area (Å²) in [4.78, 5) is 7.05. The van der Waals surface area contributed by atoms with Gasteiger partial charge in [0.05, 0.1) is 11.9 Å². The minimum atomic E-state index is -4.77. The van der Waals surface area contributed by atoms with Crippen molar-refractivity contribution < 1.29 is 23.0 Å². The first-order valence-corrected chi connectivity index (χ1v) is 6.02. The van der Waals surface area contributed by atoms with Crippen molar-refractivity contribution in [3.63, 3.8) is 0 Å². The lowest BCUT2D eigenvalue weighted by atomic mass is 10.1. The van der Waals surface area contributed by atoms with Crippen molar-refractivity contribution in [1.29, 1.82) is 0 Å². The number of H-pyrrole nitrogens is 1. The molecule has 0 saturated carbocycles. The highest BCUT2D eigenvalue weighted by molar-refractivity contribution is 5.68. The summed E-state index contributed by atoms with van der Waals surface area (Å²) in [6.07, 6.45) is -1.69. The van der Waals surface area contributed by atoms with Gasteiger partial charge in [0.15, 0.2) is 0 Å². The summed E-state index contributed by atoms with van der Waals surface area (Å²) in [5.41, 5.74) is 0.653. The van der Waals surface area contributed by atoms with E-state index in [-0.39, 0.29) is 11.3 Å². The van der Waals surface area contributed by atoms with Crippen LogP contribution < -0.4 is 4.74 Å². The molecule has 0 amide bonds. The quantitative estimate of drug-likeness (QED) is 0.902. The van der Waals surface area contributed by atoms with Crippen LogP contribution in [-0.2, 0) is 6.42 Å². The Morgan fingerprint density at radius 3 is 2.75 bits per heavy atom. The number of imidazole rings is 1. The lowest BCUT2D eigenvalue weighted by molar-refractivity contribution is -0.274. The SMILES string of the molecule is CCCc1ncc(-c2cc(OC(F)(F)F)ccc2O)[nH]1. The molecule has 1 heterocycles. The molecule has 0 atom stereocenters. The number of nitrogens with zero attached hydrogens (tertiary/aromatic N) is 1. The van der Waals surface area contributed by atoms with E-state index in [4.69, 9.17) is 0 Å². The van der Waals surface area contributed by atoms with Gasteiger partial charge in [0.25, 0.3) is 0 Å². The zero-order valence-electron chi connectivity index (χ0n) is 10.7. The van der Waals surface area contributed by atoms with Crippen LogP contribution >= 0.6 is 0 Å². The standard InChI is InChI=1S/C13H13F3N2O2/c1-2-3-12-17-7-10(18-12)9-6-8(4-5-11(9)19)20-13(14,15)16/h4-7,19H,2-3H2,1H3,(H,17,18). The largest absolute Gasteiger partial charge is 0.573 e. The highest BCUT2D eigenvalue weighted by atomic mass is 19.4. The number of aromatic hydroxyl groups is 1. The smallest absolute Gasteiger partial charge is 0.507 e. The molecule has 0 bridgehead atoms. The van der Waals surface area contributed by atoms with E-state index in [2.05, 4.69) is 14.7 Å². The zero-order valence-corrected chi connectivity index (χ0v) is 10.7. The van der Waals surface area contributed by atoms with Crippen LogP contribution in [0.15, 0.2) is 24.4 Å². The zero-order chi connectivity index (χ0) is 14.8. The molecular formula is C13H13F3N2O2. The predicted octanol–water partition coefficient (Wildman–Crippen LogP) is 3.63. The number of ether oxygens (including phenoxy) is 1. The van der Waals surface area contributed by atoms with Gasteiger partial charge in [-0.3, -0.25) is 0 Å². The number of aromatic amines is 1. The Morgan fingerprint density at radius 2 is 2.10 bits per heavy atom. The van der Waals surface area contributed by atoms with Crippen LogP contribution in [0, 0.1) is 0 Å². The maximum Gasteiger partial charge on any atom is 0.573 e. The maximum absolute atomic E-state index is 12.2. The maximum atomic E-state index is 12.2. The number of rotatable bonds is 4. The molecule has 4 nitrogen and oxygen atoms in total. The van der Waals surface area contributed by atoms with Crippen molar-refractivity contribution >= 4 is 0 Å². The predicted molar refractivity (Wildman–Crippen MR) is 66.4 cm³/mol. The first-order chi connectivity index (χ1) is 9.39. The molecule has 2 rings (SSSR count). The van der Waals surface area contributed by atoms with Gasteiger partial charge in [-0.15, -0.1) is 13.2 Å². The van der Waals surface area contributed by atoms with Crippen LogP contribution in [0.4, 0.5) is 13.2 Å². The van der Waals surface area contributed by atoms with E-state index in [0.29, 0.717) is 11.5 Å². The molecule has 0 spiro atoms. The Kier molecular flexibility index (Phi) is 3.87. The number of aryl methyl sites for hydroxylation is 1. The topological polar surface area (TPSA) is 58.1 Å². The summed E-state index contributed by atoms with van der Waals surface area (Å²) in [6, 6.07) is 3.32. The summed E-state index contributed by atoms with van der Waals surface area (Å²) in [7, 11) is 0. The monoisotopic (exact) mass is 286 g/mol. The molecule has 0 aliphatic carbocycles. The number of phenols is 1. The second-order valence-corrected chi connectivity index (χ2v) is 4.22. The third-order valence-corrected chi connectivity index (χ3v) is 2.61. The van der Waals surface area contributed by atoms with Crippen molar-refractivity contribution in [2.24, 2.45) is 0 Å². The summed E-state index contributed by atoms with van der Waals surface area (Å²) in [5, 5.41) is 9.74. The van der Waals surface area contributed by atoms with Crippen LogP contribution in [0.25, 0.3) is 11.3 Å². The number of benzene rings is 1. The molecule has 1 aromatic carbocycles. The van der Waals surface area contributed by atoms with Crippen LogP contribution in [0.3, 0.4) is 0 Å². The molecule has 7 heteroatoms. The highest BCUT2D eigenvalue weighted by Gasteiger charge is 2.31. The third-order valence-electron chi connectivity index (χ3n) is 2.61. The van der Waals surface area contributed by atoms with Gasteiger partial charge < -0.3 is 14.8 Å². The Morgan fingerprint density at radius 1 is 1.35 bits per heavy atom. The van der Waals surface area contributed by atoms with Gasteiger partial charge in [0.2, 0.25) is 0 Å². The van der Waals surface area contributed by atoms with E-state index in [0.717, 1.165) is 31.0 Å². The fourth-order valence-corrected chi connectivity index (χ4v) is 1.79. The van der Waals surface area contributed by atoms with E-state index in [1.165, 1.54) is 6.20 Å². The number of halogens is 3. The Labute approximate surface area is 113 Å². The van der Waals surface area contributed by atoms with E-state index in [1.54, 1.807) is 0 Å². The molecular weight excluding hydrogens is 273 g/mol. The lowest BCUT2D eigenvalue weighted by Crippen LogP contribution is -2.17. The molecule has 1 aromatic heterocycles. The number of alkyl halides is 3. The van der Waals surface area contributed by atoms with Gasteiger partial charge in [0, 0.05) is 12.0 Å². The summed E-state index contributed by atoms with van der Waals surface area (Å²) in [6.45, 7) is 1.98. The molecule has 0 saturated heterocycles. The van der Waals surface area contributed by atoms with Crippen molar-refractivity contribution in [2.45, 2.75) is 26.1 Å². The summed E-state index contributed by atoms with van der Waals surface area (Å²) in [5.74, 6) is 0.173. The molecule has 0 unspecified atom stereocenters. The lowest BCUT2D eigenvalue weighted by Gasteiger charge is -2.10. The van der Waals surface area contributed by atoms with Crippen LogP contribution in [0.2, 0.25) is 0 Å². The van der Waals surface area contributed by atoms with Gasteiger partial charge in [-0.25, -0.2) is 4.98 Å². The number of nitrogens with one attached hydrogen (secondary N) is 1. The molecule has 2 N–H and O–H groups in total. The number of aromatic nitrogens is 2. The van der Waals surface area contributed by atoms with E-state index >= 15 is 0 Å². The van der Waals surface area contributed by atoms with Crippen LogP contribution in [0.5, 0.6) is 11.5 Å². The Hall–Kier alpha value is -2.18. The fourth-order valence-electron chi connectivity index (χ4n) is 1.79. The average molecular weight is 286 g/mol. The normalized spacial score (nSPS) is 11.6. The third kappa shape index (κ3) is 3.43. The molecule has 0 radical (unpaired) electrons. The van der Waals surface area contributed by atoms with E-state index in [1.807, 2.05) is 6.92 Å². The van der Waals surface area contributed by atoms with Crippen molar-refractivity contribution in [2.75, 3.05) is 0 Å². The molecule has 0 aliphatic heterocycles. The van der Waals surface area contributed by atoms with Gasteiger partial charge in [-0.05, 0) is 24.6 Å².